The predicted molar refractivity (Wildman–Crippen MR) is 68.1 cm³/mol. The number of aryl methyl sites for hydroxylation is 1. The third kappa shape index (κ3) is 3.48. The lowest BCUT2D eigenvalue weighted by Gasteiger charge is -2.14. The number of rotatable bonds is 4. The monoisotopic (exact) mass is 264 g/mol. The van der Waals surface area contributed by atoms with E-state index in [0.717, 1.165) is 11.3 Å². The minimum absolute atomic E-state index is 0.100. The molecule has 1 unspecified atom stereocenters. The summed E-state index contributed by atoms with van der Waals surface area (Å²) in [5, 5.41) is 0. The zero-order chi connectivity index (χ0) is 13.8. The second-order valence-electron chi connectivity index (χ2n) is 4.16. The summed E-state index contributed by atoms with van der Waals surface area (Å²) in [7, 11) is 0. The van der Waals surface area contributed by atoms with Crippen molar-refractivity contribution in [1.82, 2.24) is 4.98 Å². The van der Waals surface area contributed by atoms with Crippen molar-refractivity contribution in [3.05, 3.63) is 59.4 Å². The van der Waals surface area contributed by atoms with Gasteiger partial charge in [0.15, 0.2) is 0 Å². The molecule has 1 heterocycles. The first-order chi connectivity index (χ1) is 9.06. The van der Waals surface area contributed by atoms with Crippen LogP contribution >= 0.6 is 0 Å². The number of hydrogen-bond donors (Lipinski definition) is 1. The summed E-state index contributed by atoms with van der Waals surface area (Å²) >= 11 is 0. The molecule has 0 aliphatic rings. The van der Waals surface area contributed by atoms with Crippen LogP contribution in [0.2, 0.25) is 0 Å². The van der Waals surface area contributed by atoms with Gasteiger partial charge in [0.2, 0.25) is 0 Å². The first-order valence-corrected chi connectivity index (χ1v) is 5.79. The zero-order valence-electron chi connectivity index (χ0n) is 10.4. The first-order valence-electron chi connectivity index (χ1n) is 5.79. The summed E-state index contributed by atoms with van der Waals surface area (Å²) < 4.78 is 28.7. The molecule has 0 saturated carbocycles. The Morgan fingerprint density at radius 2 is 1.95 bits per heavy atom. The lowest BCUT2D eigenvalue weighted by molar-refractivity contribution is -0.0498. The van der Waals surface area contributed by atoms with E-state index < -0.39 is 12.7 Å². The normalized spacial score (nSPS) is 12.5. The fourth-order valence-corrected chi connectivity index (χ4v) is 1.74. The molecule has 0 fully saturated rings. The van der Waals surface area contributed by atoms with Gasteiger partial charge in [-0.15, -0.1) is 0 Å². The number of nitrogens with two attached hydrogens (primary N) is 1. The molecule has 19 heavy (non-hydrogen) atoms. The van der Waals surface area contributed by atoms with Crippen molar-refractivity contribution in [1.29, 1.82) is 0 Å². The molecule has 1 aromatic heterocycles. The van der Waals surface area contributed by atoms with E-state index in [1.807, 2.05) is 19.1 Å². The molecular formula is C14H14F2N2O. The lowest BCUT2D eigenvalue weighted by Crippen LogP contribution is -2.12. The van der Waals surface area contributed by atoms with Gasteiger partial charge in [-0.25, -0.2) is 0 Å². The van der Waals surface area contributed by atoms with Crippen LogP contribution in [0.1, 0.15) is 22.9 Å². The largest absolute Gasteiger partial charge is 0.435 e. The first kappa shape index (κ1) is 13.4. The molecule has 2 aromatic rings. The maximum atomic E-state index is 12.2. The summed E-state index contributed by atoms with van der Waals surface area (Å²) in [6, 6.07) is 9.68. The summed E-state index contributed by atoms with van der Waals surface area (Å²) in [6.45, 7) is -0.959. The fraction of sp³-hybridized carbons (Fsp3) is 0.214. The smallest absolute Gasteiger partial charge is 0.387 e. The van der Waals surface area contributed by atoms with Gasteiger partial charge in [0, 0.05) is 11.9 Å². The van der Waals surface area contributed by atoms with Crippen LogP contribution in [-0.2, 0) is 0 Å². The fourth-order valence-electron chi connectivity index (χ4n) is 1.74. The molecule has 2 rings (SSSR count). The molecule has 100 valence electrons. The van der Waals surface area contributed by atoms with Gasteiger partial charge in [-0.05, 0) is 36.2 Å². The van der Waals surface area contributed by atoms with E-state index in [-0.39, 0.29) is 5.75 Å². The van der Waals surface area contributed by atoms with Crippen molar-refractivity contribution in [2.45, 2.75) is 19.6 Å². The van der Waals surface area contributed by atoms with Gasteiger partial charge in [0.25, 0.3) is 0 Å². The second-order valence-corrected chi connectivity index (χ2v) is 4.16. The third-order valence-corrected chi connectivity index (χ3v) is 2.74. The van der Waals surface area contributed by atoms with Crippen molar-refractivity contribution in [2.24, 2.45) is 5.73 Å². The molecule has 2 N–H and O–H groups in total. The molecule has 0 bridgehead atoms. The maximum Gasteiger partial charge on any atom is 0.387 e. The molecule has 0 aliphatic heterocycles. The summed E-state index contributed by atoms with van der Waals surface area (Å²) in [6.07, 6.45) is 1.68. The van der Waals surface area contributed by atoms with Gasteiger partial charge in [0.05, 0.1) is 6.04 Å². The quantitative estimate of drug-likeness (QED) is 0.923. The third-order valence-electron chi connectivity index (χ3n) is 2.74. The van der Waals surface area contributed by atoms with E-state index in [2.05, 4.69) is 9.72 Å². The molecule has 1 aromatic carbocycles. The number of alkyl halides is 2. The van der Waals surface area contributed by atoms with Crippen LogP contribution in [0, 0.1) is 6.92 Å². The minimum Gasteiger partial charge on any atom is -0.435 e. The number of pyridine rings is 1. The highest BCUT2D eigenvalue weighted by Crippen LogP contribution is 2.23. The molecule has 0 radical (unpaired) electrons. The van der Waals surface area contributed by atoms with E-state index in [9.17, 15) is 8.78 Å². The lowest BCUT2D eigenvalue weighted by atomic mass is 10.0. The van der Waals surface area contributed by atoms with Crippen LogP contribution in [0.15, 0.2) is 42.6 Å². The van der Waals surface area contributed by atoms with Crippen LogP contribution in [-0.4, -0.2) is 11.6 Å². The van der Waals surface area contributed by atoms with Crippen LogP contribution in [0.4, 0.5) is 8.78 Å². The SMILES string of the molecule is Cc1ccc(C(N)c2cccc(OC(F)F)c2)cn1. The highest BCUT2D eigenvalue weighted by Gasteiger charge is 2.11. The highest BCUT2D eigenvalue weighted by molar-refractivity contribution is 5.35. The number of nitrogens with zero attached hydrogens (tertiary/aromatic N) is 1. The molecule has 0 amide bonds. The predicted octanol–water partition coefficient (Wildman–Crippen LogP) is 3.04. The van der Waals surface area contributed by atoms with Gasteiger partial charge in [0.1, 0.15) is 5.75 Å². The molecular weight excluding hydrogens is 250 g/mol. The van der Waals surface area contributed by atoms with E-state index in [4.69, 9.17) is 5.73 Å². The average Bonchev–Trinajstić information content (AvgIpc) is 2.38. The van der Waals surface area contributed by atoms with E-state index >= 15 is 0 Å². The molecule has 0 spiro atoms. The standard InChI is InChI=1S/C14H14F2N2O/c1-9-5-6-11(8-18-9)13(17)10-3-2-4-12(7-10)19-14(15)16/h2-8,13-14H,17H2,1H3. The Hall–Kier alpha value is -2.01. The minimum atomic E-state index is -2.84. The maximum absolute atomic E-state index is 12.2. The van der Waals surface area contributed by atoms with Gasteiger partial charge in [-0.3, -0.25) is 4.98 Å². The van der Waals surface area contributed by atoms with Crippen molar-refractivity contribution in [2.75, 3.05) is 0 Å². The number of aromatic nitrogens is 1. The van der Waals surface area contributed by atoms with Crippen molar-refractivity contribution in [3.63, 3.8) is 0 Å². The Morgan fingerprint density at radius 1 is 1.16 bits per heavy atom. The average molecular weight is 264 g/mol. The van der Waals surface area contributed by atoms with E-state index in [1.54, 1.807) is 18.3 Å². The number of halogens is 2. The molecule has 0 aliphatic carbocycles. The summed E-state index contributed by atoms with van der Waals surface area (Å²) in [5.74, 6) is 0.100. The van der Waals surface area contributed by atoms with Crippen LogP contribution in [0.3, 0.4) is 0 Å². The molecule has 1 atom stereocenters. The Morgan fingerprint density at radius 3 is 2.58 bits per heavy atom. The summed E-state index contributed by atoms with van der Waals surface area (Å²) in [5.41, 5.74) is 8.49. The van der Waals surface area contributed by atoms with E-state index in [1.165, 1.54) is 12.1 Å². The van der Waals surface area contributed by atoms with Gasteiger partial charge in [-0.1, -0.05) is 18.2 Å². The Bertz CT molecular complexity index is 543. The topological polar surface area (TPSA) is 48.1 Å². The van der Waals surface area contributed by atoms with Crippen LogP contribution in [0.25, 0.3) is 0 Å². The van der Waals surface area contributed by atoms with Crippen LogP contribution < -0.4 is 10.5 Å². The number of hydrogen-bond acceptors (Lipinski definition) is 3. The highest BCUT2D eigenvalue weighted by atomic mass is 19.3. The second kappa shape index (κ2) is 5.75. The van der Waals surface area contributed by atoms with Gasteiger partial charge in [-0.2, -0.15) is 8.78 Å². The molecule has 0 saturated heterocycles. The van der Waals surface area contributed by atoms with Crippen molar-refractivity contribution < 1.29 is 13.5 Å². The Kier molecular flexibility index (Phi) is 4.06. The number of ether oxygens (including phenoxy) is 1. The zero-order valence-corrected chi connectivity index (χ0v) is 10.4. The van der Waals surface area contributed by atoms with Gasteiger partial charge < -0.3 is 10.5 Å². The molecule has 5 heteroatoms. The van der Waals surface area contributed by atoms with Crippen LogP contribution in [0.5, 0.6) is 5.75 Å². The Labute approximate surface area is 110 Å². The van der Waals surface area contributed by atoms with Gasteiger partial charge >= 0.3 is 6.61 Å². The molecule has 3 nitrogen and oxygen atoms in total. The number of benzene rings is 1. The van der Waals surface area contributed by atoms with Crippen molar-refractivity contribution in [3.8, 4) is 5.75 Å². The summed E-state index contributed by atoms with van der Waals surface area (Å²) in [4.78, 5) is 4.17. The van der Waals surface area contributed by atoms with E-state index in [0.29, 0.717) is 5.56 Å². The Balaban J connectivity index is 2.23. The van der Waals surface area contributed by atoms with Crippen molar-refractivity contribution >= 4 is 0 Å².